The van der Waals surface area contributed by atoms with Gasteiger partial charge in [-0.15, -0.1) is 0 Å². The molecule has 1 aromatic rings. The van der Waals surface area contributed by atoms with E-state index in [2.05, 4.69) is 4.99 Å². The van der Waals surface area contributed by atoms with Gasteiger partial charge < -0.3 is 20.6 Å². The average molecular weight is 398 g/mol. The van der Waals surface area contributed by atoms with Gasteiger partial charge in [0, 0.05) is 43.9 Å². The summed E-state index contributed by atoms with van der Waals surface area (Å²) in [6.07, 6.45) is 4.67. The molecule has 1 aliphatic carbocycles. The maximum Gasteiger partial charge on any atom is 0.305 e. The molecule has 1 heterocycles. The molecule has 8 nitrogen and oxygen atoms in total. The van der Waals surface area contributed by atoms with Crippen molar-refractivity contribution >= 4 is 40.9 Å². The number of carbonyl (C=O) groups excluding carboxylic acids is 2. The first-order valence-corrected chi connectivity index (χ1v) is 9.72. The molecule has 3 N–H and O–H groups in total. The Bertz CT molecular complexity index is 889. The van der Waals surface area contributed by atoms with Gasteiger partial charge in [-0.1, -0.05) is 6.07 Å². The summed E-state index contributed by atoms with van der Waals surface area (Å²) in [5, 5.41) is 8.72. The fraction of sp³-hybridized carbons (Fsp3) is 0.429. The second kappa shape index (κ2) is 8.46. The molecule has 0 bridgehead atoms. The molecule has 2 amide bonds. The highest BCUT2D eigenvalue weighted by molar-refractivity contribution is 6.12. The number of aliphatic imine (C=N–C) groups is 1. The van der Waals surface area contributed by atoms with Crippen molar-refractivity contribution in [3.8, 4) is 0 Å². The summed E-state index contributed by atoms with van der Waals surface area (Å²) in [6, 6.07) is 5.38. The van der Waals surface area contributed by atoms with Crippen LogP contribution in [-0.2, 0) is 14.4 Å². The summed E-state index contributed by atoms with van der Waals surface area (Å²) in [5.41, 5.74) is 8.51. The summed E-state index contributed by atoms with van der Waals surface area (Å²) >= 11 is 0. The molecule has 0 radical (unpaired) electrons. The first-order chi connectivity index (χ1) is 13.8. The number of nitrogens with two attached hydrogens (primary N) is 1. The van der Waals surface area contributed by atoms with E-state index in [-0.39, 0.29) is 36.7 Å². The van der Waals surface area contributed by atoms with Crippen molar-refractivity contribution in [2.75, 3.05) is 22.9 Å². The molecular weight excluding hydrogens is 372 g/mol. The third-order valence-corrected chi connectivity index (χ3v) is 5.14. The molecule has 29 heavy (non-hydrogen) atoms. The highest BCUT2D eigenvalue weighted by atomic mass is 16.4. The monoisotopic (exact) mass is 398 g/mol. The molecule has 1 atom stereocenters. The molecule has 0 spiro atoms. The van der Waals surface area contributed by atoms with Gasteiger partial charge in [0.05, 0.1) is 23.8 Å². The van der Waals surface area contributed by atoms with E-state index in [4.69, 9.17) is 10.8 Å². The number of carboxylic acids is 1. The molecule has 1 saturated carbocycles. The minimum Gasteiger partial charge on any atom is -0.481 e. The average Bonchev–Trinajstić information content (AvgIpc) is 3.51. The molecule has 2 aliphatic rings. The van der Waals surface area contributed by atoms with E-state index in [1.807, 2.05) is 25.1 Å². The van der Waals surface area contributed by atoms with Crippen LogP contribution in [0.25, 0.3) is 5.57 Å². The van der Waals surface area contributed by atoms with E-state index < -0.39 is 5.97 Å². The number of rotatable bonds is 6. The van der Waals surface area contributed by atoms with Gasteiger partial charge in [0.25, 0.3) is 0 Å². The maximum atomic E-state index is 12.9. The second-order valence-electron chi connectivity index (χ2n) is 7.47. The van der Waals surface area contributed by atoms with Crippen molar-refractivity contribution in [3.05, 3.63) is 30.0 Å². The molecule has 1 unspecified atom stereocenters. The van der Waals surface area contributed by atoms with E-state index in [9.17, 15) is 14.4 Å². The van der Waals surface area contributed by atoms with Gasteiger partial charge >= 0.3 is 5.97 Å². The third kappa shape index (κ3) is 4.47. The fourth-order valence-electron chi connectivity index (χ4n) is 3.58. The van der Waals surface area contributed by atoms with Crippen LogP contribution in [0.2, 0.25) is 0 Å². The Labute approximate surface area is 169 Å². The smallest absolute Gasteiger partial charge is 0.305 e. The van der Waals surface area contributed by atoms with Crippen molar-refractivity contribution in [3.63, 3.8) is 0 Å². The summed E-state index contributed by atoms with van der Waals surface area (Å²) in [6.45, 7) is 4.05. The predicted molar refractivity (Wildman–Crippen MR) is 112 cm³/mol. The Morgan fingerprint density at radius 1 is 1.28 bits per heavy atom. The largest absolute Gasteiger partial charge is 0.481 e. The Balaban J connectivity index is 1.96. The van der Waals surface area contributed by atoms with Crippen LogP contribution < -0.4 is 15.5 Å². The minimum absolute atomic E-state index is 0.0599. The standard InChI is InChI=1S/C21H26N4O4/c1-13-12-24(21(29)15-3-4-15)19-9-16(5-6-18(19)25(13)14(2)26)17(10-22)11-23-8-7-20(27)28/h5-6,9-11,13,15H,3-4,7-8,12,22H2,1-2H3,(H,27,28). The lowest BCUT2D eigenvalue weighted by Gasteiger charge is -2.41. The highest BCUT2D eigenvalue weighted by Gasteiger charge is 2.39. The number of hydrogen-bond acceptors (Lipinski definition) is 5. The molecule has 1 aromatic carbocycles. The van der Waals surface area contributed by atoms with Gasteiger partial charge in [-0.25, -0.2) is 0 Å². The van der Waals surface area contributed by atoms with E-state index in [1.54, 1.807) is 9.80 Å². The van der Waals surface area contributed by atoms with Crippen molar-refractivity contribution in [2.24, 2.45) is 16.6 Å². The number of carboxylic acid groups (broad SMARTS) is 1. The molecule has 8 heteroatoms. The molecule has 0 aromatic heterocycles. The zero-order chi connectivity index (χ0) is 21.1. The first-order valence-electron chi connectivity index (χ1n) is 9.72. The minimum atomic E-state index is -0.915. The van der Waals surface area contributed by atoms with E-state index in [0.29, 0.717) is 23.5 Å². The van der Waals surface area contributed by atoms with E-state index >= 15 is 0 Å². The van der Waals surface area contributed by atoms with E-state index in [0.717, 1.165) is 18.4 Å². The maximum absolute atomic E-state index is 12.9. The van der Waals surface area contributed by atoms with Crippen LogP contribution in [-0.4, -0.2) is 48.2 Å². The van der Waals surface area contributed by atoms with Crippen molar-refractivity contribution in [1.29, 1.82) is 0 Å². The number of aliphatic carboxylic acids is 1. The Kier molecular flexibility index (Phi) is 6.00. The summed E-state index contributed by atoms with van der Waals surface area (Å²) in [4.78, 5) is 43.3. The lowest BCUT2D eigenvalue weighted by Crippen LogP contribution is -2.51. The van der Waals surface area contributed by atoms with Crippen LogP contribution in [0.3, 0.4) is 0 Å². The first kappa shape index (κ1) is 20.6. The molecule has 1 fully saturated rings. The topological polar surface area (TPSA) is 116 Å². The van der Waals surface area contributed by atoms with Crippen molar-refractivity contribution in [2.45, 2.75) is 39.2 Å². The lowest BCUT2D eigenvalue weighted by atomic mass is 10.0. The van der Waals surface area contributed by atoms with Crippen LogP contribution in [0.15, 0.2) is 29.4 Å². The number of hydrogen-bond donors (Lipinski definition) is 2. The SMILES string of the molecule is CC(=O)N1c2ccc(C(C=NCCC(=O)O)=CN)cc2N(C(=O)C2CC2)CC1C. The number of amides is 2. The Morgan fingerprint density at radius 3 is 2.59 bits per heavy atom. The molecule has 0 saturated heterocycles. The van der Waals surface area contributed by atoms with Crippen LogP contribution in [0, 0.1) is 5.92 Å². The molecule has 3 rings (SSSR count). The highest BCUT2D eigenvalue weighted by Crippen LogP contribution is 2.41. The number of benzene rings is 1. The second-order valence-corrected chi connectivity index (χ2v) is 7.47. The van der Waals surface area contributed by atoms with Gasteiger partial charge in [-0.2, -0.15) is 0 Å². The Morgan fingerprint density at radius 2 is 2.00 bits per heavy atom. The quantitative estimate of drug-likeness (QED) is 0.711. The van der Waals surface area contributed by atoms with Gasteiger partial charge in [-0.05, 0) is 37.5 Å². The number of fused-ring (bicyclic) bond motifs is 1. The van der Waals surface area contributed by atoms with Crippen LogP contribution in [0.4, 0.5) is 11.4 Å². The third-order valence-electron chi connectivity index (χ3n) is 5.14. The molecular formula is C21H26N4O4. The van der Waals surface area contributed by atoms with E-state index in [1.165, 1.54) is 19.3 Å². The zero-order valence-electron chi connectivity index (χ0n) is 16.7. The summed E-state index contributed by atoms with van der Waals surface area (Å²) in [7, 11) is 0. The summed E-state index contributed by atoms with van der Waals surface area (Å²) in [5.74, 6) is -0.840. The zero-order valence-corrected chi connectivity index (χ0v) is 16.7. The van der Waals surface area contributed by atoms with Crippen molar-refractivity contribution < 1.29 is 19.5 Å². The molecule has 1 aliphatic heterocycles. The van der Waals surface area contributed by atoms with Crippen LogP contribution in [0.5, 0.6) is 0 Å². The number of anilines is 2. The van der Waals surface area contributed by atoms with Crippen LogP contribution in [0.1, 0.15) is 38.7 Å². The van der Waals surface area contributed by atoms with Crippen LogP contribution >= 0.6 is 0 Å². The normalized spacial score (nSPS) is 19.4. The number of allylic oxidation sites excluding steroid dienone is 1. The fourth-order valence-corrected chi connectivity index (χ4v) is 3.58. The Hall–Kier alpha value is -3.16. The van der Waals surface area contributed by atoms with Crippen molar-refractivity contribution in [1.82, 2.24) is 0 Å². The van der Waals surface area contributed by atoms with Gasteiger partial charge in [0.1, 0.15) is 0 Å². The molecule has 154 valence electrons. The van der Waals surface area contributed by atoms with Gasteiger partial charge in [0.15, 0.2) is 0 Å². The number of carbonyl (C=O) groups is 3. The van der Waals surface area contributed by atoms with Gasteiger partial charge in [0.2, 0.25) is 11.8 Å². The lowest BCUT2D eigenvalue weighted by molar-refractivity contribution is -0.136. The van der Waals surface area contributed by atoms with Gasteiger partial charge in [-0.3, -0.25) is 19.4 Å². The summed E-state index contributed by atoms with van der Waals surface area (Å²) < 4.78 is 0. The predicted octanol–water partition coefficient (Wildman–Crippen LogP) is 2.03. The number of nitrogens with zero attached hydrogens (tertiary/aromatic N) is 3.